The third kappa shape index (κ3) is 3.23. The third-order valence-electron chi connectivity index (χ3n) is 2.66. The van der Waals surface area contributed by atoms with Gasteiger partial charge in [-0.1, -0.05) is 15.9 Å². The normalized spacial score (nSPS) is 10.4. The second-order valence-corrected chi connectivity index (χ2v) is 6.85. The lowest BCUT2D eigenvalue weighted by Gasteiger charge is -2.10. The highest BCUT2D eigenvalue weighted by Crippen LogP contribution is 2.30. The molecule has 0 fully saturated rings. The molecule has 6 heteroatoms. The number of carbonyl (C=O) groups excluding carboxylic acids is 1. The Morgan fingerprint density at radius 2 is 1.90 bits per heavy atom. The Labute approximate surface area is 146 Å². The summed E-state index contributed by atoms with van der Waals surface area (Å²) in [6.07, 6.45) is 0. The van der Waals surface area contributed by atoms with Crippen molar-refractivity contribution in [1.82, 2.24) is 0 Å². The van der Waals surface area contributed by atoms with E-state index in [1.54, 1.807) is 6.07 Å². The number of halogens is 4. The van der Waals surface area contributed by atoms with Crippen LogP contribution in [-0.4, -0.2) is 12.9 Å². The highest BCUT2D eigenvalue weighted by Gasteiger charge is 2.19. The van der Waals surface area contributed by atoms with Gasteiger partial charge in [0.15, 0.2) is 5.78 Å². The van der Waals surface area contributed by atoms with Gasteiger partial charge in [0.1, 0.15) is 11.6 Å². The van der Waals surface area contributed by atoms with Gasteiger partial charge >= 0.3 is 0 Å². The van der Waals surface area contributed by atoms with Crippen LogP contribution in [0, 0.1) is 9.39 Å². The van der Waals surface area contributed by atoms with E-state index < -0.39 is 5.82 Å². The summed E-state index contributed by atoms with van der Waals surface area (Å²) in [7, 11) is 1.41. The van der Waals surface area contributed by atoms with Gasteiger partial charge in [-0.25, -0.2) is 4.39 Å². The highest BCUT2D eigenvalue weighted by molar-refractivity contribution is 14.1. The number of hydrogen-bond acceptors (Lipinski definition) is 2. The lowest BCUT2D eigenvalue weighted by molar-refractivity contribution is 0.103. The molecule has 2 nitrogen and oxygen atoms in total. The third-order valence-corrected chi connectivity index (χ3v) is 4.70. The smallest absolute Gasteiger partial charge is 0.197 e. The first-order chi connectivity index (χ1) is 9.43. The molecule has 0 aliphatic heterocycles. The summed E-state index contributed by atoms with van der Waals surface area (Å²) in [5.41, 5.74) is 0.855. The van der Waals surface area contributed by atoms with Crippen LogP contribution in [0.5, 0.6) is 5.75 Å². The highest BCUT2D eigenvalue weighted by atomic mass is 127. The van der Waals surface area contributed by atoms with Crippen molar-refractivity contribution in [2.75, 3.05) is 7.11 Å². The van der Waals surface area contributed by atoms with Crippen molar-refractivity contribution in [2.45, 2.75) is 0 Å². The molecule has 0 spiro atoms. The molecule has 0 atom stereocenters. The van der Waals surface area contributed by atoms with E-state index in [2.05, 4.69) is 54.5 Å². The Bertz CT molecular complexity index is 689. The van der Waals surface area contributed by atoms with Crippen molar-refractivity contribution in [3.05, 3.63) is 59.8 Å². The number of hydrogen-bond donors (Lipinski definition) is 0. The largest absolute Gasteiger partial charge is 0.496 e. The molecule has 20 heavy (non-hydrogen) atoms. The summed E-state index contributed by atoms with van der Waals surface area (Å²) in [5.74, 6) is -0.470. The summed E-state index contributed by atoms with van der Waals surface area (Å²) in [6, 6.07) is 8.07. The van der Waals surface area contributed by atoms with E-state index in [4.69, 9.17) is 4.74 Å². The average molecular weight is 514 g/mol. The molecule has 0 saturated heterocycles. The van der Waals surface area contributed by atoms with E-state index in [0.29, 0.717) is 11.1 Å². The van der Waals surface area contributed by atoms with E-state index in [9.17, 15) is 9.18 Å². The number of benzene rings is 2. The van der Waals surface area contributed by atoms with E-state index in [1.165, 1.54) is 19.2 Å². The summed E-state index contributed by atoms with van der Waals surface area (Å²) in [5, 5.41) is 0. The maximum absolute atomic E-state index is 13.5. The van der Waals surface area contributed by atoms with E-state index >= 15 is 0 Å². The van der Waals surface area contributed by atoms with Gasteiger partial charge in [-0.2, -0.15) is 0 Å². The van der Waals surface area contributed by atoms with Crippen LogP contribution in [0.15, 0.2) is 39.3 Å². The zero-order chi connectivity index (χ0) is 14.9. The van der Waals surface area contributed by atoms with Crippen LogP contribution in [0.4, 0.5) is 4.39 Å². The molecule has 0 amide bonds. The van der Waals surface area contributed by atoms with Crippen molar-refractivity contribution in [2.24, 2.45) is 0 Å². The van der Waals surface area contributed by atoms with E-state index in [-0.39, 0.29) is 16.0 Å². The van der Waals surface area contributed by atoms with Gasteiger partial charge in [0.25, 0.3) is 0 Å². The Morgan fingerprint density at radius 3 is 2.55 bits per heavy atom. The number of carbonyl (C=O) groups is 1. The maximum atomic E-state index is 13.5. The summed E-state index contributed by atoms with van der Waals surface area (Å²) < 4.78 is 20.5. The van der Waals surface area contributed by atoms with Gasteiger partial charge in [-0.15, -0.1) is 0 Å². The molecule has 2 aromatic carbocycles. The van der Waals surface area contributed by atoms with Crippen LogP contribution in [0.1, 0.15) is 15.9 Å². The number of methoxy groups -OCH3 is 1. The van der Waals surface area contributed by atoms with Gasteiger partial charge in [0.05, 0.1) is 17.1 Å². The predicted molar refractivity (Wildman–Crippen MR) is 90.9 cm³/mol. The second kappa shape index (κ2) is 6.53. The molecule has 104 valence electrons. The molecule has 2 aromatic rings. The topological polar surface area (TPSA) is 26.3 Å². The monoisotopic (exact) mass is 512 g/mol. The van der Waals surface area contributed by atoms with Crippen molar-refractivity contribution < 1.29 is 13.9 Å². The van der Waals surface area contributed by atoms with Crippen molar-refractivity contribution in [3.8, 4) is 5.75 Å². The molecule has 0 unspecified atom stereocenters. The molecule has 2 rings (SSSR count). The number of ketones is 1. The van der Waals surface area contributed by atoms with Gasteiger partial charge in [-0.3, -0.25) is 4.79 Å². The Morgan fingerprint density at radius 1 is 1.20 bits per heavy atom. The zero-order valence-electron chi connectivity index (χ0n) is 10.2. The molecule has 0 heterocycles. The lowest BCUT2D eigenvalue weighted by Crippen LogP contribution is -2.07. The van der Waals surface area contributed by atoms with Crippen LogP contribution in [0.2, 0.25) is 0 Å². The van der Waals surface area contributed by atoms with Gasteiger partial charge in [0.2, 0.25) is 0 Å². The van der Waals surface area contributed by atoms with Crippen molar-refractivity contribution >= 4 is 60.2 Å². The number of ether oxygens (including phenoxy) is 1. The first-order valence-electron chi connectivity index (χ1n) is 5.47. The molecule has 0 radical (unpaired) electrons. The molecule has 0 aliphatic rings. The number of rotatable bonds is 3. The fourth-order valence-electron chi connectivity index (χ4n) is 1.69. The Balaban J connectivity index is 2.58. The maximum Gasteiger partial charge on any atom is 0.197 e. The fourth-order valence-corrected chi connectivity index (χ4v) is 2.98. The lowest BCUT2D eigenvalue weighted by atomic mass is 10.0. The minimum atomic E-state index is -0.470. The standard InChI is InChI=1S/C14H8Br2FIO2/c1-20-13-6-11(17)10(16)5-9(13)14(19)8-4-7(15)2-3-12(8)18/h2-6H,1H3. The molecule has 0 bridgehead atoms. The van der Waals surface area contributed by atoms with Crippen LogP contribution in [-0.2, 0) is 0 Å². The Kier molecular flexibility index (Phi) is 5.19. The summed E-state index contributed by atoms with van der Waals surface area (Å²) >= 11 is 8.52. The summed E-state index contributed by atoms with van der Waals surface area (Å²) in [4.78, 5) is 12.6. The van der Waals surface area contributed by atoms with Gasteiger partial charge < -0.3 is 4.74 Å². The molecular weight excluding hydrogens is 506 g/mol. The molecule has 0 aliphatic carbocycles. The minimum absolute atomic E-state index is 0.214. The van der Waals surface area contributed by atoms with Gasteiger partial charge in [-0.05, 0) is 62.8 Å². The molecule has 0 aromatic heterocycles. The SMILES string of the molecule is COc1cc(F)c(Br)cc1C(=O)c1cc(Br)ccc1I. The first kappa shape index (κ1) is 15.9. The molecule has 0 saturated carbocycles. The van der Waals surface area contributed by atoms with Crippen LogP contribution < -0.4 is 4.74 Å². The fraction of sp³-hybridized carbons (Fsp3) is 0.0714. The minimum Gasteiger partial charge on any atom is -0.496 e. The predicted octanol–water partition coefficient (Wildman–Crippen LogP) is 5.19. The van der Waals surface area contributed by atoms with Crippen LogP contribution in [0.25, 0.3) is 0 Å². The quantitative estimate of drug-likeness (QED) is 0.417. The zero-order valence-corrected chi connectivity index (χ0v) is 15.5. The summed E-state index contributed by atoms with van der Waals surface area (Å²) in [6.45, 7) is 0. The van der Waals surface area contributed by atoms with Crippen molar-refractivity contribution in [1.29, 1.82) is 0 Å². The van der Waals surface area contributed by atoms with Crippen LogP contribution >= 0.6 is 54.5 Å². The van der Waals surface area contributed by atoms with E-state index in [1.807, 2.05) is 12.1 Å². The molecule has 0 N–H and O–H groups in total. The average Bonchev–Trinajstić information content (AvgIpc) is 2.43. The first-order valence-corrected chi connectivity index (χ1v) is 8.13. The molecular formula is C14H8Br2FIO2. The van der Waals surface area contributed by atoms with Crippen molar-refractivity contribution in [3.63, 3.8) is 0 Å². The van der Waals surface area contributed by atoms with Crippen LogP contribution in [0.3, 0.4) is 0 Å². The Hall–Kier alpha value is -0.470. The second-order valence-electron chi connectivity index (χ2n) is 3.92. The van der Waals surface area contributed by atoms with E-state index in [0.717, 1.165) is 8.04 Å². The van der Waals surface area contributed by atoms with Gasteiger partial charge in [0, 0.05) is 19.7 Å².